The van der Waals surface area contributed by atoms with Crippen molar-refractivity contribution in [3.8, 4) is 28.3 Å². The number of hydrogen-bond acceptors (Lipinski definition) is 1. The number of hydrogen-bond donors (Lipinski definition) is 0. The van der Waals surface area contributed by atoms with E-state index in [9.17, 15) is 5.26 Å². The van der Waals surface area contributed by atoms with Crippen molar-refractivity contribution >= 4 is 87.6 Å². The molecular formula is C54H37N. The zero-order valence-electron chi connectivity index (χ0n) is 31.3. The van der Waals surface area contributed by atoms with Gasteiger partial charge in [0, 0.05) is 0 Å². The maximum atomic E-state index is 10.3. The summed E-state index contributed by atoms with van der Waals surface area (Å²) < 4.78 is 0. The molecule has 0 saturated carbocycles. The van der Waals surface area contributed by atoms with Crippen molar-refractivity contribution in [2.24, 2.45) is 0 Å². The molecule has 0 heterocycles. The van der Waals surface area contributed by atoms with Crippen LogP contribution in [0.2, 0.25) is 0 Å². The third kappa shape index (κ3) is 4.07. The second kappa shape index (κ2) is 11.0. The highest BCUT2D eigenvalue weighted by Crippen LogP contribution is 2.52. The molecule has 1 heteroatoms. The van der Waals surface area contributed by atoms with Crippen molar-refractivity contribution in [1.82, 2.24) is 0 Å². The number of benzene rings is 8. The molecule has 0 N–H and O–H groups in total. The molecule has 10 aromatic rings. The lowest BCUT2D eigenvalue weighted by atomic mass is 9.83. The van der Waals surface area contributed by atoms with Crippen LogP contribution in [0.15, 0.2) is 109 Å². The van der Waals surface area contributed by atoms with Gasteiger partial charge in [-0.3, -0.25) is 0 Å². The molecule has 0 aliphatic heterocycles. The van der Waals surface area contributed by atoms with Gasteiger partial charge in [0.2, 0.25) is 0 Å². The van der Waals surface area contributed by atoms with E-state index in [4.69, 9.17) is 0 Å². The van der Waals surface area contributed by atoms with E-state index in [2.05, 4.69) is 142 Å². The Morgan fingerprint density at radius 2 is 1.25 bits per heavy atom. The van der Waals surface area contributed by atoms with E-state index < -0.39 is 0 Å². The van der Waals surface area contributed by atoms with Crippen LogP contribution in [-0.2, 0) is 12.8 Å². The van der Waals surface area contributed by atoms with Crippen LogP contribution in [0.1, 0.15) is 51.8 Å². The molecule has 12 rings (SSSR count). The Labute approximate surface area is 319 Å². The van der Waals surface area contributed by atoms with Gasteiger partial charge in [0.25, 0.3) is 0 Å². The molecule has 2 aliphatic rings. The molecule has 0 fully saturated rings. The Hall–Kier alpha value is -6.49. The molecule has 0 amide bonds. The molecular weight excluding hydrogens is 663 g/mol. The SMILES string of the molecule is Cc1ccc(C)c(-c2c3cc4c(cc3c(-c3cc(C#N)ccc3C)c3c2c2c5c(c6c(cc53)CCC=C6)CCC=2)c2cccc3c5ccccc5cc4c32)c1. The fourth-order valence-electron chi connectivity index (χ4n) is 10.8. The number of nitrogens with zero attached hydrogens (tertiary/aromatic N) is 1. The maximum Gasteiger partial charge on any atom is 0.0991 e. The Morgan fingerprint density at radius 3 is 2.09 bits per heavy atom. The van der Waals surface area contributed by atoms with E-state index >= 15 is 0 Å². The van der Waals surface area contributed by atoms with Crippen LogP contribution < -0.4 is 5.22 Å². The molecule has 0 radical (unpaired) electrons. The van der Waals surface area contributed by atoms with Gasteiger partial charge in [-0.15, -0.1) is 0 Å². The lowest BCUT2D eigenvalue weighted by molar-refractivity contribution is 0.963. The lowest BCUT2D eigenvalue weighted by Gasteiger charge is -2.20. The van der Waals surface area contributed by atoms with Crippen LogP contribution in [0.5, 0.6) is 0 Å². The highest BCUT2D eigenvalue weighted by Gasteiger charge is 2.28. The summed E-state index contributed by atoms with van der Waals surface area (Å²) in [6.45, 7) is 6.73. The number of allylic oxidation sites excluding steroid dienone is 1. The van der Waals surface area contributed by atoms with Crippen LogP contribution in [0.4, 0.5) is 0 Å². The van der Waals surface area contributed by atoms with Crippen molar-refractivity contribution in [2.75, 3.05) is 0 Å². The molecule has 0 spiro atoms. The summed E-state index contributed by atoms with van der Waals surface area (Å²) in [5.74, 6) is 0. The first-order valence-corrected chi connectivity index (χ1v) is 19.8. The topological polar surface area (TPSA) is 23.8 Å². The highest BCUT2D eigenvalue weighted by molar-refractivity contribution is 6.39. The van der Waals surface area contributed by atoms with E-state index in [0.29, 0.717) is 5.56 Å². The maximum absolute atomic E-state index is 10.3. The summed E-state index contributed by atoms with van der Waals surface area (Å²) in [5, 5.41) is 30.2. The molecule has 0 saturated heterocycles. The molecule has 0 atom stereocenters. The predicted octanol–water partition coefficient (Wildman–Crippen LogP) is 13.7. The largest absolute Gasteiger partial charge is 0.192 e. The quantitative estimate of drug-likeness (QED) is 0.165. The average Bonchev–Trinajstić information content (AvgIpc) is 3.71. The number of aryl methyl sites for hydroxylation is 5. The summed E-state index contributed by atoms with van der Waals surface area (Å²) in [6, 6.07) is 41.5. The third-order valence-corrected chi connectivity index (χ3v) is 13.2. The Balaban J connectivity index is 1.41. The first kappa shape index (κ1) is 30.9. The molecule has 10 aromatic carbocycles. The summed E-state index contributed by atoms with van der Waals surface area (Å²) in [7, 11) is 0. The van der Waals surface area contributed by atoms with Crippen molar-refractivity contribution < 1.29 is 0 Å². The minimum atomic E-state index is 0.695. The lowest BCUT2D eigenvalue weighted by Crippen LogP contribution is -2.11. The summed E-state index contributed by atoms with van der Waals surface area (Å²) in [4.78, 5) is 0. The zero-order valence-corrected chi connectivity index (χ0v) is 31.3. The normalized spacial score (nSPS) is 13.9. The fraction of sp³-hybridized carbons (Fsp3) is 0.130. The standard InChI is InChI=1S/C54H37N/c1-29-18-19-30(2)41(22-29)51-47-27-44-43(39-16-8-14-37-35-12-6-4-10-33(35)24-45(44)49(37)39)26-46(47)52(42-23-32(28-55)21-20-31(42)3)54-48-25-34-11-5-7-13-36(34)38-15-9-17-40(50(38)48)53(51)54/h4,6-8,10,12-14,16-27H,5,9,11,15H2,1-3H3. The monoisotopic (exact) mass is 699 g/mol. The van der Waals surface area contributed by atoms with Crippen molar-refractivity contribution in [2.45, 2.75) is 46.5 Å². The van der Waals surface area contributed by atoms with Crippen molar-refractivity contribution in [1.29, 1.82) is 5.26 Å². The smallest absolute Gasteiger partial charge is 0.0991 e. The first-order valence-electron chi connectivity index (χ1n) is 19.8. The van der Waals surface area contributed by atoms with E-state index in [1.54, 1.807) is 0 Å². The van der Waals surface area contributed by atoms with Gasteiger partial charge >= 0.3 is 0 Å². The van der Waals surface area contributed by atoms with Crippen LogP contribution >= 0.6 is 0 Å². The molecule has 55 heavy (non-hydrogen) atoms. The summed E-state index contributed by atoms with van der Waals surface area (Å²) in [6.07, 6.45) is 11.5. The van der Waals surface area contributed by atoms with Gasteiger partial charge in [0.15, 0.2) is 0 Å². The van der Waals surface area contributed by atoms with E-state index in [-0.39, 0.29) is 0 Å². The van der Waals surface area contributed by atoms with Crippen molar-refractivity contribution in [3.05, 3.63) is 153 Å². The minimum absolute atomic E-state index is 0.695. The zero-order chi connectivity index (χ0) is 36.7. The van der Waals surface area contributed by atoms with Gasteiger partial charge in [-0.2, -0.15) is 5.26 Å². The summed E-state index contributed by atoms with van der Waals surface area (Å²) in [5.41, 5.74) is 13.9. The van der Waals surface area contributed by atoms with E-state index in [1.165, 1.54) is 131 Å². The van der Waals surface area contributed by atoms with Gasteiger partial charge in [-0.25, -0.2) is 0 Å². The highest BCUT2D eigenvalue weighted by atomic mass is 14.3. The molecule has 0 aromatic heterocycles. The van der Waals surface area contributed by atoms with Gasteiger partial charge in [-0.1, -0.05) is 90.5 Å². The van der Waals surface area contributed by atoms with E-state index in [0.717, 1.165) is 31.2 Å². The molecule has 2 aliphatic carbocycles. The van der Waals surface area contributed by atoms with Crippen LogP contribution in [0.25, 0.3) is 110 Å². The fourth-order valence-corrected chi connectivity index (χ4v) is 10.8. The second-order valence-corrected chi connectivity index (χ2v) is 16.2. The van der Waals surface area contributed by atoms with Gasteiger partial charge in [0.05, 0.1) is 11.6 Å². The summed E-state index contributed by atoms with van der Waals surface area (Å²) >= 11 is 0. The van der Waals surface area contributed by atoms with E-state index in [1.807, 2.05) is 6.07 Å². The minimum Gasteiger partial charge on any atom is -0.192 e. The Morgan fingerprint density at radius 1 is 0.527 bits per heavy atom. The predicted molar refractivity (Wildman–Crippen MR) is 235 cm³/mol. The van der Waals surface area contributed by atoms with Crippen LogP contribution in [0.3, 0.4) is 0 Å². The molecule has 0 unspecified atom stereocenters. The van der Waals surface area contributed by atoms with Gasteiger partial charge < -0.3 is 0 Å². The molecule has 0 bridgehead atoms. The van der Waals surface area contributed by atoms with Crippen LogP contribution in [-0.4, -0.2) is 0 Å². The third-order valence-electron chi connectivity index (χ3n) is 13.2. The average molecular weight is 700 g/mol. The molecule has 258 valence electrons. The van der Waals surface area contributed by atoms with Gasteiger partial charge in [-0.05, 0) is 214 Å². The number of rotatable bonds is 2. The second-order valence-electron chi connectivity index (χ2n) is 16.2. The van der Waals surface area contributed by atoms with Crippen molar-refractivity contribution in [3.63, 3.8) is 0 Å². The van der Waals surface area contributed by atoms with Gasteiger partial charge in [0.1, 0.15) is 0 Å². The number of fused-ring (bicyclic) bond motifs is 11. The Kier molecular flexibility index (Phi) is 6.20. The Bertz CT molecular complexity index is 3510. The molecule has 1 nitrogen and oxygen atoms in total. The first-order chi connectivity index (χ1) is 27.0. The van der Waals surface area contributed by atoms with Crippen LogP contribution in [0, 0.1) is 32.1 Å². The number of nitriles is 1.